The van der Waals surface area contributed by atoms with Crippen LogP contribution >= 0.6 is 0 Å². The van der Waals surface area contributed by atoms with Crippen molar-refractivity contribution in [2.45, 2.75) is 85.8 Å². The Morgan fingerprint density at radius 1 is 0.743 bits per heavy atom. The summed E-state index contributed by atoms with van der Waals surface area (Å²) < 4.78 is 72.7. The Labute approximate surface area is 218 Å². The molecule has 195 valence electrons. The molecule has 0 spiro atoms. The zero-order valence-electron chi connectivity index (χ0n) is 19.9. The zero-order valence-corrected chi connectivity index (χ0v) is 23.1. The van der Waals surface area contributed by atoms with E-state index >= 15 is 0 Å². The molecule has 8 nitrogen and oxygen atoms in total. The number of nitrogens with two attached hydrogens (primary N) is 1. The molecule has 0 fully saturated rings. The first kappa shape index (κ1) is 31.8. The zero-order chi connectivity index (χ0) is 26.2. The molecular formula is C24H36NO7S2Ti. The van der Waals surface area contributed by atoms with Gasteiger partial charge >= 0.3 is 26.5 Å². The van der Waals surface area contributed by atoms with Gasteiger partial charge in [-0.15, -0.1) is 0 Å². The molecule has 0 radical (unpaired) electrons. The number of sulfone groups is 1. The van der Waals surface area contributed by atoms with E-state index in [2.05, 4.69) is 0 Å². The predicted molar refractivity (Wildman–Crippen MR) is 131 cm³/mol. The molecule has 0 heterocycles. The van der Waals surface area contributed by atoms with Gasteiger partial charge in [0.05, 0.1) is 9.79 Å². The maximum atomic E-state index is 12.4. The minimum atomic E-state index is -4.17. The van der Waals surface area contributed by atoms with Crippen LogP contribution in [0.15, 0.2) is 64.4 Å². The molecule has 2 aromatic rings. The van der Waals surface area contributed by atoms with Crippen molar-refractivity contribution in [3.05, 3.63) is 60.2 Å². The van der Waals surface area contributed by atoms with E-state index in [4.69, 9.17) is 12.7 Å². The van der Waals surface area contributed by atoms with Crippen molar-refractivity contribution in [2.24, 2.45) is 5.73 Å². The van der Waals surface area contributed by atoms with Crippen LogP contribution in [0.3, 0.4) is 0 Å². The Kier molecular flexibility index (Phi) is 15.6. The van der Waals surface area contributed by atoms with E-state index < -0.39 is 44.8 Å². The van der Waals surface area contributed by atoms with Gasteiger partial charge in [-0.25, -0.2) is 8.42 Å². The molecule has 2 aromatic carbocycles. The van der Waals surface area contributed by atoms with Gasteiger partial charge in [0.1, 0.15) is 5.37 Å². The SMILES string of the molecule is NC(CCCCCCCCCCCc1ccccc1S(=O)(=O)O)S(=O)(=O)c1ccccc1.[O]=[Ti][OH]. The van der Waals surface area contributed by atoms with Crippen molar-refractivity contribution in [3.63, 3.8) is 0 Å². The number of aryl methyl sites for hydroxylation is 1. The van der Waals surface area contributed by atoms with Crippen LogP contribution in [0.25, 0.3) is 0 Å². The molecule has 0 saturated carbocycles. The summed E-state index contributed by atoms with van der Waals surface area (Å²) >= 11 is -1.75. The Balaban J connectivity index is 0.00000194. The standard InChI is InChI=1S/C24H35NO5S2.H2O.O.Ti/c25-24(31(26,27)22-17-10-8-11-18-22)20-12-7-5-3-1-2-4-6-9-15-21-16-13-14-19-23(21)32(28,29)30;;;/h8,10-11,13-14,16-19,24H,1-7,9,12,15,20,25H2,(H,28,29,30);1H2;;/q;;;+1/p-1. The molecule has 1 unspecified atom stereocenters. The Bertz CT molecular complexity index is 1080. The number of benzene rings is 2. The van der Waals surface area contributed by atoms with Gasteiger partial charge < -0.3 is 5.73 Å². The van der Waals surface area contributed by atoms with E-state index in [-0.39, 0.29) is 9.79 Å². The Hall–Kier alpha value is -1.27. The molecule has 35 heavy (non-hydrogen) atoms. The third-order valence-corrected chi connectivity index (χ3v) is 8.57. The van der Waals surface area contributed by atoms with Crippen molar-refractivity contribution in [1.29, 1.82) is 0 Å². The molecule has 0 aliphatic heterocycles. The fraction of sp³-hybridized carbons (Fsp3) is 0.500. The second-order valence-corrected chi connectivity index (χ2v) is 12.1. The van der Waals surface area contributed by atoms with Crippen molar-refractivity contribution >= 4 is 20.0 Å². The third kappa shape index (κ3) is 12.5. The summed E-state index contributed by atoms with van der Waals surface area (Å²) in [4.78, 5) is 0.297. The van der Waals surface area contributed by atoms with Gasteiger partial charge in [0, 0.05) is 0 Å². The summed E-state index contributed by atoms with van der Waals surface area (Å²) in [6.07, 6.45) is 10.3. The van der Waals surface area contributed by atoms with Crippen LogP contribution < -0.4 is 5.73 Å². The topological polar surface area (TPSA) is 152 Å². The molecule has 0 aliphatic rings. The molecule has 1 atom stereocenters. The number of rotatable bonds is 15. The molecule has 2 rings (SSSR count). The number of hydrogen-bond donors (Lipinski definition) is 3. The van der Waals surface area contributed by atoms with Crippen molar-refractivity contribution in [2.75, 3.05) is 0 Å². The number of hydrogen-bond acceptors (Lipinski definition) is 6. The first-order valence-electron chi connectivity index (χ1n) is 11.8. The second-order valence-electron chi connectivity index (χ2n) is 8.29. The van der Waals surface area contributed by atoms with Crippen LogP contribution in [0, 0.1) is 0 Å². The quantitative estimate of drug-likeness (QED) is 0.164. The maximum absolute atomic E-state index is 12.4. The van der Waals surface area contributed by atoms with Gasteiger partial charge in [-0.1, -0.05) is 87.8 Å². The summed E-state index contributed by atoms with van der Waals surface area (Å²) in [5, 5.41) is -0.851. The molecule has 11 heteroatoms. The molecule has 0 bridgehead atoms. The second kappa shape index (κ2) is 17.2. The molecular weight excluding hydrogens is 526 g/mol. The molecule has 0 aromatic heterocycles. The van der Waals surface area contributed by atoms with Crippen LogP contribution in [0.5, 0.6) is 0 Å². The number of unbranched alkanes of at least 4 members (excludes halogenated alkanes) is 8. The monoisotopic (exact) mass is 562 g/mol. The van der Waals surface area contributed by atoms with Crippen LogP contribution in [-0.2, 0) is 49.2 Å². The van der Waals surface area contributed by atoms with Crippen LogP contribution in [-0.4, -0.2) is 30.5 Å². The van der Waals surface area contributed by atoms with Gasteiger partial charge in [0.2, 0.25) is 0 Å². The third-order valence-electron chi connectivity index (χ3n) is 5.66. The summed E-state index contributed by atoms with van der Waals surface area (Å²) in [5.41, 5.74) is 6.60. The Morgan fingerprint density at radius 2 is 1.20 bits per heavy atom. The molecule has 0 amide bonds. The van der Waals surface area contributed by atoms with Crippen molar-refractivity contribution in [3.8, 4) is 0 Å². The Morgan fingerprint density at radius 3 is 1.74 bits per heavy atom. The van der Waals surface area contributed by atoms with E-state index in [1.165, 1.54) is 6.07 Å². The van der Waals surface area contributed by atoms with Gasteiger partial charge in [0.15, 0.2) is 9.84 Å². The molecule has 0 aliphatic carbocycles. The van der Waals surface area contributed by atoms with Gasteiger partial charge in [-0.05, 0) is 43.0 Å². The average molecular weight is 563 g/mol. The normalized spacial score (nSPS) is 12.3. The average Bonchev–Trinajstić information content (AvgIpc) is 2.83. The van der Waals surface area contributed by atoms with Gasteiger partial charge in [0.25, 0.3) is 10.1 Å². The summed E-state index contributed by atoms with van der Waals surface area (Å²) in [7, 11) is -7.61. The molecule has 4 N–H and O–H groups in total. The first-order valence-corrected chi connectivity index (χ1v) is 16.1. The predicted octanol–water partition coefficient (Wildman–Crippen LogP) is 4.46. The van der Waals surface area contributed by atoms with Gasteiger partial charge in [-0.2, -0.15) is 8.42 Å². The summed E-state index contributed by atoms with van der Waals surface area (Å²) in [6.45, 7) is 0. The molecule has 0 saturated heterocycles. The van der Waals surface area contributed by atoms with Crippen molar-refractivity contribution in [1.82, 2.24) is 0 Å². The van der Waals surface area contributed by atoms with E-state index in [9.17, 15) is 21.4 Å². The summed E-state index contributed by atoms with van der Waals surface area (Å²) in [6, 6.07) is 15.0. The fourth-order valence-corrected chi connectivity index (χ4v) is 5.92. The minimum absolute atomic E-state index is 0.0105. The summed E-state index contributed by atoms with van der Waals surface area (Å²) in [5.74, 6) is 0. The van der Waals surface area contributed by atoms with Crippen LogP contribution in [0.2, 0.25) is 0 Å². The van der Waals surface area contributed by atoms with Gasteiger partial charge in [-0.3, -0.25) is 4.55 Å². The van der Waals surface area contributed by atoms with Crippen LogP contribution in [0.1, 0.15) is 69.8 Å². The van der Waals surface area contributed by atoms with E-state index in [1.807, 2.05) is 0 Å². The fourth-order valence-electron chi connectivity index (χ4n) is 3.80. The van der Waals surface area contributed by atoms with E-state index in [0.717, 1.165) is 57.8 Å². The first-order chi connectivity index (χ1) is 16.6. The van der Waals surface area contributed by atoms with Crippen LogP contribution in [0.4, 0.5) is 0 Å². The van der Waals surface area contributed by atoms with E-state index in [0.29, 0.717) is 18.4 Å². The van der Waals surface area contributed by atoms with E-state index in [1.54, 1.807) is 48.5 Å². The van der Waals surface area contributed by atoms with Crippen molar-refractivity contribution < 1.29 is 47.9 Å².